The lowest BCUT2D eigenvalue weighted by molar-refractivity contribution is -0.457. The second-order valence-electron chi connectivity index (χ2n) is 11.6. The van der Waals surface area contributed by atoms with E-state index in [1.165, 1.54) is 18.2 Å². The number of aryl methyl sites for hydroxylation is 1. The monoisotopic (exact) mass is 619 g/mol. The van der Waals surface area contributed by atoms with E-state index < -0.39 is 37.2 Å². The summed E-state index contributed by atoms with van der Waals surface area (Å²) >= 11 is 0. The van der Waals surface area contributed by atoms with E-state index in [1.54, 1.807) is 0 Å². The summed E-state index contributed by atoms with van der Waals surface area (Å²) in [6.45, 7) is 0.243. The fourth-order valence-electron chi connectivity index (χ4n) is 7.33. The first-order valence-corrected chi connectivity index (χ1v) is 13.9. The summed E-state index contributed by atoms with van der Waals surface area (Å²) in [5.74, 6) is 1.33. The predicted octanol–water partition coefficient (Wildman–Crippen LogP) is 6.89. The van der Waals surface area contributed by atoms with Crippen molar-refractivity contribution in [2.24, 2.45) is 17.3 Å². The molecular weight excluding hydrogens is 585 g/mol. The Balaban J connectivity index is 1.35. The van der Waals surface area contributed by atoms with Gasteiger partial charge in [-0.25, -0.2) is 0 Å². The van der Waals surface area contributed by atoms with Gasteiger partial charge in [-0.1, -0.05) is 13.0 Å². The molecule has 2 fully saturated rings. The maximum Gasteiger partial charge on any atom is 0.435 e. The van der Waals surface area contributed by atoms with E-state index in [-0.39, 0.29) is 36.6 Å². The number of rotatable bonds is 9. The van der Waals surface area contributed by atoms with Crippen molar-refractivity contribution in [1.82, 2.24) is 5.32 Å². The van der Waals surface area contributed by atoms with Crippen LogP contribution >= 0.6 is 0 Å². The number of likely N-dealkylation sites (N-methyl/N-ethyl adjacent to an activating group) is 1. The lowest BCUT2D eigenvalue weighted by Crippen LogP contribution is -2.67. The Morgan fingerprint density at radius 1 is 0.952 bits per heavy atom. The van der Waals surface area contributed by atoms with Gasteiger partial charge < -0.3 is 19.5 Å². The highest BCUT2D eigenvalue weighted by Gasteiger charge is 2.85. The molecule has 5 nitrogen and oxygen atoms in total. The Morgan fingerprint density at radius 2 is 1.62 bits per heavy atom. The van der Waals surface area contributed by atoms with E-state index >= 15 is 0 Å². The van der Waals surface area contributed by atoms with E-state index in [0.717, 1.165) is 32.1 Å². The molecule has 42 heavy (non-hydrogen) atoms. The molecule has 0 bridgehead atoms. The van der Waals surface area contributed by atoms with Crippen molar-refractivity contribution < 1.29 is 58.5 Å². The Bertz CT molecular complexity index is 1080. The van der Waals surface area contributed by atoms with E-state index in [1.807, 2.05) is 18.2 Å². The summed E-state index contributed by atoms with van der Waals surface area (Å²) < 4.78 is 133. The van der Waals surface area contributed by atoms with Gasteiger partial charge in [-0.2, -0.15) is 39.5 Å². The third kappa shape index (κ3) is 5.81. The quantitative estimate of drug-likeness (QED) is 0.242. The molecule has 5 atom stereocenters. The molecule has 3 aliphatic carbocycles. The van der Waals surface area contributed by atoms with Crippen LogP contribution < -0.4 is 10.1 Å². The lowest BCUT2D eigenvalue weighted by Gasteiger charge is -2.50. The first-order valence-electron chi connectivity index (χ1n) is 13.9. The maximum absolute atomic E-state index is 13.1. The van der Waals surface area contributed by atoms with Gasteiger partial charge >= 0.3 is 24.1 Å². The highest BCUT2D eigenvalue weighted by Crippen LogP contribution is 2.62. The third-order valence-electron chi connectivity index (χ3n) is 9.38. The van der Waals surface area contributed by atoms with Crippen LogP contribution in [0.3, 0.4) is 0 Å². The predicted molar refractivity (Wildman–Crippen MR) is 132 cm³/mol. The van der Waals surface area contributed by atoms with Crippen LogP contribution in [0.5, 0.6) is 5.75 Å². The van der Waals surface area contributed by atoms with Gasteiger partial charge in [-0.15, -0.1) is 0 Å². The molecule has 1 N–H and O–H groups in total. The van der Waals surface area contributed by atoms with Gasteiger partial charge in [0.1, 0.15) is 5.75 Å². The minimum Gasteiger partial charge on any atom is -0.484 e. The van der Waals surface area contributed by atoms with Crippen molar-refractivity contribution in [3.8, 4) is 5.75 Å². The van der Waals surface area contributed by atoms with Crippen LogP contribution in [0.15, 0.2) is 18.2 Å². The van der Waals surface area contributed by atoms with Crippen LogP contribution in [-0.4, -0.2) is 63.0 Å². The van der Waals surface area contributed by atoms with Gasteiger partial charge in [-0.3, -0.25) is 4.79 Å². The number of carbonyl (C=O) groups excluding carboxylic acids is 1. The molecule has 1 amide bonds. The van der Waals surface area contributed by atoms with Gasteiger partial charge in [0.15, 0.2) is 6.61 Å². The SMILES string of the molecule is CNC(=O)COc1ccc2c(c1)CC[C@@H]1[C@@H]2CC[C@]2(C)[C@@H](OCCCOC(C(F)(F)F)(C(F)(F)F)C(F)(F)F)CC[C@@H]12. The van der Waals surface area contributed by atoms with Crippen molar-refractivity contribution in [3.05, 3.63) is 29.3 Å². The molecule has 1 aromatic carbocycles. The molecule has 0 radical (unpaired) electrons. The lowest BCUT2D eigenvalue weighted by atomic mass is 9.55. The van der Waals surface area contributed by atoms with Crippen LogP contribution in [0, 0.1) is 17.3 Å². The van der Waals surface area contributed by atoms with Crippen LogP contribution in [-0.2, 0) is 20.7 Å². The van der Waals surface area contributed by atoms with Gasteiger partial charge in [0, 0.05) is 13.7 Å². The average Bonchev–Trinajstić information content (AvgIpc) is 3.22. The van der Waals surface area contributed by atoms with Crippen molar-refractivity contribution in [2.45, 2.75) is 88.0 Å². The summed E-state index contributed by atoms with van der Waals surface area (Å²) in [4.78, 5) is 11.5. The summed E-state index contributed by atoms with van der Waals surface area (Å²) in [6, 6.07) is 5.86. The molecule has 238 valence electrons. The molecule has 14 heteroatoms. The van der Waals surface area contributed by atoms with Gasteiger partial charge in [0.25, 0.3) is 5.91 Å². The van der Waals surface area contributed by atoms with Crippen LogP contribution in [0.25, 0.3) is 0 Å². The minimum absolute atomic E-state index is 0.0802. The second-order valence-corrected chi connectivity index (χ2v) is 11.6. The number of carbonyl (C=O) groups is 1. The zero-order valence-corrected chi connectivity index (χ0v) is 23.1. The molecule has 4 rings (SSSR count). The number of nitrogens with one attached hydrogen (secondary N) is 1. The van der Waals surface area contributed by atoms with Crippen LogP contribution in [0.1, 0.15) is 62.5 Å². The fraction of sp³-hybridized carbons (Fsp3) is 0.750. The Kier molecular flexibility index (Phi) is 9.11. The van der Waals surface area contributed by atoms with Crippen molar-refractivity contribution >= 4 is 5.91 Å². The van der Waals surface area contributed by atoms with Gasteiger partial charge in [-0.05, 0) is 91.4 Å². The van der Waals surface area contributed by atoms with Crippen molar-refractivity contribution in [3.63, 3.8) is 0 Å². The van der Waals surface area contributed by atoms with E-state index in [4.69, 9.17) is 9.47 Å². The summed E-state index contributed by atoms with van der Waals surface area (Å²) in [5.41, 5.74) is -4.12. The molecular formula is C28H34F9NO4. The van der Waals surface area contributed by atoms with Crippen molar-refractivity contribution in [2.75, 3.05) is 26.9 Å². The Morgan fingerprint density at radius 3 is 2.24 bits per heavy atom. The maximum atomic E-state index is 13.1. The number of hydrogen-bond acceptors (Lipinski definition) is 4. The Hall–Kier alpha value is -2.22. The van der Waals surface area contributed by atoms with E-state index in [0.29, 0.717) is 24.0 Å². The molecule has 3 aliphatic rings. The fourth-order valence-corrected chi connectivity index (χ4v) is 7.33. The molecule has 0 aliphatic heterocycles. The summed E-state index contributed by atoms with van der Waals surface area (Å²) in [6.07, 6.45) is -16.2. The summed E-state index contributed by atoms with van der Waals surface area (Å²) in [7, 11) is 1.53. The zero-order chi connectivity index (χ0) is 31.1. The minimum atomic E-state index is -6.74. The van der Waals surface area contributed by atoms with Crippen molar-refractivity contribution in [1.29, 1.82) is 0 Å². The highest BCUT2D eigenvalue weighted by atomic mass is 19.4. The molecule has 0 spiro atoms. The topological polar surface area (TPSA) is 56.8 Å². The number of halogens is 9. The number of fused-ring (bicyclic) bond motifs is 5. The summed E-state index contributed by atoms with van der Waals surface area (Å²) in [5, 5.41) is 2.50. The van der Waals surface area contributed by atoms with Gasteiger partial charge in [0.2, 0.25) is 0 Å². The number of alkyl halides is 9. The molecule has 2 saturated carbocycles. The molecule has 0 saturated heterocycles. The number of amides is 1. The number of ether oxygens (including phenoxy) is 3. The number of hydrogen-bond donors (Lipinski definition) is 1. The first-order chi connectivity index (χ1) is 19.5. The smallest absolute Gasteiger partial charge is 0.435 e. The molecule has 0 aromatic heterocycles. The van der Waals surface area contributed by atoms with Gasteiger partial charge in [0.05, 0.1) is 12.7 Å². The molecule has 0 unspecified atom stereocenters. The average molecular weight is 620 g/mol. The Labute approximate surface area is 237 Å². The standard InChI is InChI=1S/C28H34F9NO4/c1-24-11-10-19-18-7-5-17(41-15-23(39)38-2)14-16(18)4-6-20(19)21(24)8-9-22(24)40-12-3-13-42-25(26(29,30)31,27(32,33)34)28(35,36)37/h5,7,14,19-22H,3-4,6,8-13,15H2,1-2H3,(H,38,39)/t19-,20-,21+,22+,24+/m1/s1. The van der Waals surface area contributed by atoms with E-state index in [2.05, 4.69) is 17.0 Å². The highest BCUT2D eigenvalue weighted by molar-refractivity contribution is 5.77. The normalized spacial score (nSPS) is 28.1. The van der Waals surface area contributed by atoms with Crippen LogP contribution in [0.2, 0.25) is 0 Å². The molecule has 1 aromatic rings. The number of benzene rings is 1. The van der Waals surface area contributed by atoms with Crippen LogP contribution in [0.4, 0.5) is 39.5 Å². The zero-order valence-electron chi connectivity index (χ0n) is 23.1. The first kappa shape index (κ1) is 32.7. The molecule has 0 heterocycles. The third-order valence-corrected chi connectivity index (χ3v) is 9.38. The largest absolute Gasteiger partial charge is 0.484 e. The second kappa shape index (κ2) is 11.7. The van der Waals surface area contributed by atoms with E-state index in [9.17, 15) is 44.3 Å².